The van der Waals surface area contributed by atoms with Gasteiger partial charge in [0.25, 0.3) is 0 Å². The predicted molar refractivity (Wildman–Crippen MR) is 69.6 cm³/mol. The minimum absolute atomic E-state index is 0.0849. The van der Waals surface area contributed by atoms with Crippen molar-refractivity contribution in [2.24, 2.45) is 0 Å². The van der Waals surface area contributed by atoms with E-state index in [9.17, 15) is 9.59 Å². The molecule has 0 fully saturated rings. The van der Waals surface area contributed by atoms with E-state index in [1.807, 2.05) is 0 Å². The van der Waals surface area contributed by atoms with E-state index in [1.54, 1.807) is 24.3 Å². The zero-order valence-electron chi connectivity index (χ0n) is 10.1. The maximum Gasteiger partial charge on any atom is 0.354 e. The quantitative estimate of drug-likeness (QED) is 0.733. The number of carbonyl (C=O) groups excluding carboxylic acids is 1. The molecule has 6 nitrogen and oxygen atoms in total. The Morgan fingerprint density at radius 2 is 2.10 bits per heavy atom. The van der Waals surface area contributed by atoms with Crippen molar-refractivity contribution in [1.82, 2.24) is 9.97 Å². The van der Waals surface area contributed by atoms with Gasteiger partial charge in [0.15, 0.2) is 5.58 Å². The van der Waals surface area contributed by atoms with E-state index in [0.717, 1.165) is 6.29 Å². The first-order valence-electron chi connectivity index (χ1n) is 5.73. The van der Waals surface area contributed by atoms with Crippen LogP contribution < -0.4 is 0 Å². The van der Waals surface area contributed by atoms with E-state index in [-0.39, 0.29) is 11.6 Å². The average molecular weight is 268 g/mol. The van der Waals surface area contributed by atoms with Gasteiger partial charge in [0.1, 0.15) is 17.5 Å². The van der Waals surface area contributed by atoms with Crippen LogP contribution in [0.1, 0.15) is 20.8 Å². The van der Waals surface area contributed by atoms with Crippen molar-refractivity contribution in [3.63, 3.8) is 0 Å². The fourth-order valence-electron chi connectivity index (χ4n) is 1.82. The molecule has 0 atom stereocenters. The molecule has 2 aromatic heterocycles. The number of oxazole rings is 1. The molecule has 6 heteroatoms. The van der Waals surface area contributed by atoms with Gasteiger partial charge >= 0.3 is 5.97 Å². The lowest BCUT2D eigenvalue weighted by Gasteiger charge is -1.96. The van der Waals surface area contributed by atoms with Crippen LogP contribution in [0.3, 0.4) is 0 Å². The molecule has 3 aromatic rings. The normalized spacial score (nSPS) is 10.6. The second-order valence-electron chi connectivity index (χ2n) is 4.10. The number of pyridine rings is 1. The van der Waals surface area contributed by atoms with Crippen LogP contribution in [0.2, 0.25) is 0 Å². The highest BCUT2D eigenvalue weighted by molar-refractivity contribution is 5.87. The number of fused-ring (bicyclic) bond motifs is 1. The molecular formula is C14H8N2O4. The lowest BCUT2D eigenvalue weighted by Crippen LogP contribution is -1.99. The van der Waals surface area contributed by atoms with Crippen molar-refractivity contribution in [3.05, 3.63) is 47.8 Å². The highest BCUT2D eigenvalue weighted by Gasteiger charge is 2.12. The smallest absolute Gasteiger partial charge is 0.354 e. The largest absolute Gasteiger partial charge is 0.477 e. The van der Waals surface area contributed by atoms with Crippen LogP contribution in [0.15, 0.2) is 40.9 Å². The summed E-state index contributed by atoms with van der Waals surface area (Å²) in [4.78, 5) is 29.6. The minimum atomic E-state index is -1.12. The Hall–Kier alpha value is -3.02. The summed E-state index contributed by atoms with van der Waals surface area (Å²) in [5.41, 5.74) is 2.00. The van der Waals surface area contributed by atoms with Crippen molar-refractivity contribution >= 4 is 23.4 Å². The second-order valence-corrected chi connectivity index (χ2v) is 4.10. The molecule has 1 aromatic carbocycles. The third kappa shape index (κ3) is 2.03. The number of nitrogens with zero attached hydrogens (tertiary/aromatic N) is 2. The maximum absolute atomic E-state index is 10.9. The Balaban J connectivity index is 2.12. The van der Waals surface area contributed by atoms with Crippen LogP contribution in [0.4, 0.5) is 0 Å². The Morgan fingerprint density at radius 1 is 1.25 bits per heavy atom. The van der Waals surface area contributed by atoms with Gasteiger partial charge in [0.2, 0.25) is 5.89 Å². The number of carboxylic acids is 1. The van der Waals surface area contributed by atoms with Crippen molar-refractivity contribution in [3.8, 4) is 11.5 Å². The molecule has 0 unspecified atom stereocenters. The Labute approximate surface area is 112 Å². The number of rotatable bonds is 3. The van der Waals surface area contributed by atoms with Crippen LogP contribution in [0.5, 0.6) is 0 Å². The summed E-state index contributed by atoms with van der Waals surface area (Å²) in [7, 11) is 0. The van der Waals surface area contributed by atoms with E-state index < -0.39 is 5.97 Å². The first-order chi connectivity index (χ1) is 9.67. The SMILES string of the molecule is O=Cc1ccc2oc(-c3ccnc(C(=O)O)c3)nc2c1. The van der Waals surface area contributed by atoms with Gasteiger partial charge in [-0.25, -0.2) is 14.8 Å². The first kappa shape index (κ1) is 12.0. The summed E-state index contributed by atoms with van der Waals surface area (Å²) < 4.78 is 5.54. The number of hydrogen-bond acceptors (Lipinski definition) is 5. The molecule has 0 aliphatic heterocycles. The Bertz CT molecular complexity index is 823. The zero-order valence-corrected chi connectivity index (χ0v) is 10.1. The van der Waals surface area contributed by atoms with Crippen LogP contribution in [0, 0.1) is 0 Å². The van der Waals surface area contributed by atoms with Crippen molar-refractivity contribution in [2.75, 3.05) is 0 Å². The van der Waals surface area contributed by atoms with E-state index in [2.05, 4.69) is 9.97 Å². The van der Waals surface area contributed by atoms with E-state index >= 15 is 0 Å². The molecule has 0 spiro atoms. The van der Waals surface area contributed by atoms with Gasteiger partial charge in [0, 0.05) is 17.3 Å². The number of benzene rings is 1. The molecule has 0 saturated heterocycles. The summed E-state index contributed by atoms with van der Waals surface area (Å²) in [6.45, 7) is 0. The van der Waals surface area contributed by atoms with E-state index in [4.69, 9.17) is 9.52 Å². The first-order valence-corrected chi connectivity index (χ1v) is 5.73. The number of carbonyl (C=O) groups is 2. The summed E-state index contributed by atoms with van der Waals surface area (Å²) in [5, 5.41) is 8.91. The highest BCUT2D eigenvalue weighted by Crippen LogP contribution is 2.24. The number of carboxylic acid groups (broad SMARTS) is 1. The molecule has 3 rings (SSSR count). The molecule has 1 N–H and O–H groups in total. The molecule has 98 valence electrons. The van der Waals surface area contributed by atoms with Gasteiger partial charge in [-0.3, -0.25) is 4.79 Å². The van der Waals surface area contributed by atoms with Gasteiger partial charge in [-0.05, 0) is 30.3 Å². The number of aldehydes is 1. The standard InChI is InChI=1S/C14H8N2O4/c17-7-8-1-2-12-10(5-8)16-13(20-12)9-3-4-15-11(6-9)14(18)19/h1-7H,(H,18,19). The van der Waals surface area contributed by atoms with E-state index in [1.165, 1.54) is 12.3 Å². The van der Waals surface area contributed by atoms with Gasteiger partial charge in [-0.15, -0.1) is 0 Å². The van der Waals surface area contributed by atoms with Crippen LogP contribution >= 0.6 is 0 Å². The summed E-state index contributed by atoms with van der Waals surface area (Å²) in [6, 6.07) is 7.87. The highest BCUT2D eigenvalue weighted by atomic mass is 16.4. The van der Waals surface area contributed by atoms with Gasteiger partial charge in [-0.1, -0.05) is 0 Å². The molecule has 0 saturated carbocycles. The molecule has 0 aliphatic rings. The predicted octanol–water partition coefficient (Wildman–Crippen LogP) is 2.40. The molecule has 0 aliphatic carbocycles. The molecule has 20 heavy (non-hydrogen) atoms. The van der Waals surface area contributed by atoms with Gasteiger partial charge in [-0.2, -0.15) is 0 Å². The van der Waals surface area contributed by atoms with Crippen LogP contribution in [-0.2, 0) is 0 Å². The summed E-state index contributed by atoms with van der Waals surface area (Å²) in [5.74, 6) is -0.834. The summed E-state index contributed by atoms with van der Waals surface area (Å²) in [6.07, 6.45) is 2.10. The molecule has 0 amide bonds. The molecule has 2 heterocycles. The maximum atomic E-state index is 10.9. The third-order valence-electron chi connectivity index (χ3n) is 2.77. The Morgan fingerprint density at radius 3 is 2.85 bits per heavy atom. The van der Waals surface area contributed by atoms with Crippen LogP contribution in [0.25, 0.3) is 22.6 Å². The molecule has 0 bridgehead atoms. The van der Waals surface area contributed by atoms with Crippen molar-refractivity contribution in [1.29, 1.82) is 0 Å². The number of hydrogen-bond donors (Lipinski definition) is 1. The number of aromatic nitrogens is 2. The molecular weight excluding hydrogens is 260 g/mol. The fourth-order valence-corrected chi connectivity index (χ4v) is 1.82. The van der Waals surface area contributed by atoms with Gasteiger partial charge in [0.05, 0.1) is 0 Å². The second kappa shape index (κ2) is 4.58. The van der Waals surface area contributed by atoms with E-state index in [0.29, 0.717) is 22.2 Å². The molecule has 0 radical (unpaired) electrons. The summed E-state index contributed by atoms with van der Waals surface area (Å²) >= 11 is 0. The van der Waals surface area contributed by atoms with Crippen LogP contribution in [-0.4, -0.2) is 27.3 Å². The van der Waals surface area contributed by atoms with Crippen molar-refractivity contribution in [2.45, 2.75) is 0 Å². The lowest BCUT2D eigenvalue weighted by molar-refractivity contribution is 0.0690. The third-order valence-corrected chi connectivity index (χ3v) is 2.77. The lowest BCUT2D eigenvalue weighted by atomic mass is 10.2. The topological polar surface area (TPSA) is 93.3 Å². The minimum Gasteiger partial charge on any atom is -0.477 e. The monoisotopic (exact) mass is 268 g/mol. The van der Waals surface area contributed by atoms with Gasteiger partial charge < -0.3 is 9.52 Å². The average Bonchev–Trinajstić information content (AvgIpc) is 2.90. The fraction of sp³-hybridized carbons (Fsp3) is 0. The Kier molecular flexibility index (Phi) is 2.76. The number of aromatic carboxylic acids is 1. The zero-order chi connectivity index (χ0) is 14.1. The van der Waals surface area contributed by atoms with Crippen molar-refractivity contribution < 1.29 is 19.1 Å².